The number of pyridine rings is 1. The van der Waals surface area contributed by atoms with Gasteiger partial charge in [-0.15, -0.1) is 0 Å². The van der Waals surface area contributed by atoms with E-state index in [1.54, 1.807) is 6.07 Å². The highest BCUT2D eigenvalue weighted by molar-refractivity contribution is 5.86. The summed E-state index contributed by atoms with van der Waals surface area (Å²) in [6, 6.07) is 5.57. The summed E-state index contributed by atoms with van der Waals surface area (Å²) < 4.78 is 0. The number of carboxylic acids is 1. The van der Waals surface area contributed by atoms with Gasteiger partial charge in [0.1, 0.15) is 5.69 Å². The summed E-state index contributed by atoms with van der Waals surface area (Å²) in [5.74, 6) is -1.05. The molecule has 0 aromatic carbocycles. The van der Waals surface area contributed by atoms with Crippen LogP contribution in [0.25, 0.3) is 0 Å². The second-order valence-electron chi connectivity index (χ2n) is 3.90. The standard InChI is InChI=1S/C12H15N3O2/c1-9(2)15(7-3-5-13)10-4-6-14-11(8-10)12(16)17/h4,6,8-9H,3,7H2,1-2H3,(H,16,17). The van der Waals surface area contributed by atoms with Gasteiger partial charge in [0.2, 0.25) is 0 Å². The third-order valence-corrected chi connectivity index (χ3v) is 2.38. The Hall–Kier alpha value is -2.09. The Morgan fingerprint density at radius 3 is 2.88 bits per heavy atom. The average Bonchev–Trinajstić information content (AvgIpc) is 2.29. The second kappa shape index (κ2) is 5.85. The summed E-state index contributed by atoms with van der Waals surface area (Å²) in [7, 11) is 0. The lowest BCUT2D eigenvalue weighted by atomic mass is 10.2. The zero-order valence-electron chi connectivity index (χ0n) is 9.92. The maximum Gasteiger partial charge on any atom is 0.354 e. The topological polar surface area (TPSA) is 77.2 Å². The van der Waals surface area contributed by atoms with Crippen molar-refractivity contribution in [3.05, 3.63) is 24.0 Å². The molecular weight excluding hydrogens is 218 g/mol. The molecule has 0 fully saturated rings. The fourth-order valence-electron chi connectivity index (χ4n) is 1.57. The van der Waals surface area contributed by atoms with Gasteiger partial charge < -0.3 is 10.0 Å². The number of anilines is 1. The quantitative estimate of drug-likeness (QED) is 0.840. The molecule has 0 aliphatic rings. The van der Waals surface area contributed by atoms with Crippen molar-refractivity contribution in [2.24, 2.45) is 0 Å². The van der Waals surface area contributed by atoms with E-state index in [1.807, 2.05) is 18.7 Å². The number of hydrogen-bond donors (Lipinski definition) is 1. The van der Waals surface area contributed by atoms with Crippen molar-refractivity contribution in [2.45, 2.75) is 26.3 Å². The number of aromatic carboxylic acids is 1. The third kappa shape index (κ3) is 3.45. The molecule has 0 amide bonds. The van der Waals surface area contributed by atoms with E-state index in [1.165, 1.54) is 12.3 Å². The largest absolute Gasteiger partial charge is 0.477 e. The van der Waals surface area contributed by atoms with Crippen LogP contribution in [0.2, 0.25) is 0 Å². The number of aromatic nitrogens is 1. The van der Waals surface area contributed by atoms with Crippen LogP contribution in [-0.2, 0) is 0 Å². The highest BCUT2D eigenvalue weighted by Crippen LogP contribution is 2.17. The molecule has 0 radical (unpaired) electrons. The number of carbonyl (C=O) groups is 1. The van der Waals surface area contributed by atoms with E-state index in [0.29, 0.717) is 13.0 Å². The number of rotatable bonds is 5. The Morgan fingerprint density at radius 2 is 2.35 bits per heavy atom. The molecule has 0 bridgehead atoms. The van der Waals surface area contributed by atoms with Gasteiger partial charge in [0.25, 0.3) is 0 Å². The summed E-state index contributed by atoms with van der Waals surface area (Å²) in [6.07, 6.45) is 1.88. The first-order valence-corrected chi connectivity index (χ1v) is 5.39. The maximum absolute atomic E-state index is 10.8. The molecule has 1 aromatic heterocycles. The minimum Gasteiger partial charge on any atom is -0.477 e. The van der Waals surface area contributed by atoms with Crippen LogP contribution in [0.5, 0.6) is 0 Å². The Balaban J connectivity index is 2.98. The lowest BCUT2D eigenvalue weighted by Gasteiger charge is -2.28. The zero-order chi connectivity index (χ0) is 12.8. The molecule has 90 valence electrons. The minimum atomic E-state index is -1.05. The lowest BCUT2D eigenvalue weighted by molar-refractivity contribution is 0.0690. The van der Waals surface area contributed by atoms with Crippen LogP contribution < -0.4 is 4.90 Å². The molecule has 17 heavy (non-hydrogen) atoms. The van der Waals surface area contributed by atoms with Crippen molar-refractivity contribution in [2.75, 3.05) is 11.4 Å². The number of nitriles is 1. The summed E-state index contributed by atoms with van der Waals surface area (Å²) in [5, 5.41) is 17.5. The first-order valence-electron chi connectivity index (χ1n) is 5.39. The molecule has 0 saturated heterocycles. The zero-order valence-corrected chi connectivity index (χ0v) is 9.92. The summed E-state index contributed by atoms with van der Waals surface area (Å²) >= 11 is 0. The van der Waals surface area contributed by atoms with Gasteiger partial charge in [0, 0.05) is 24.5 Å². The van der Waals surface area contributed by atoms with Gasteiger partial charge in [-0.2, -0.15) is 5.26 Å². The van der Waals surface area contributed by atoms with Gasteiger partial charge in [-0.3, -0.25) is 0 Å². The molecular formula is C12H15N3O2. The predicted molar refractivity (Wildman–Crippen MR) is 63.9 cm³/mol. The number of nitrogens with zero attached hydrogens (tertiary/aromatic N) is 3. The van der Waals surface area contributed by atoms with Crippen molar-refractivity contribution >= 4 is 11.7 Å². The first-order chi connectivity index (χ1) is 8.06. The van der Waals surface area contributed by atoms with Gasteiger partial charge in [-0.25, -0.2) is 9.78 Å². The molecule has 1 N–H and O–H groups in total. The fraction of sp³-hybridized carbons (Fsp3) is 0.417. The van der Waals surface area contributed by atoms with Crippen molar-refractivity contribution in [1.82, 2.24) is 4.98 Å². The number of hydrogen-bond acceptors (Lipinski definition) is 4. The molecule has 0 atom stereocenters. The lowest BCUT2D eigenvalue weighted by Crippen LogP contribution is -2.31. The van der Waals surface area contributed by atoms with E-state index in [0.717, 1.165) is 5.69 Å². The Morgan fingerprint density at radius 1 is 1.65 bits per heavy atom. The van der Waals surface area contributed by atoms with Crippen LogP contribution in [-0.4, -0.2) is 28.6 Å². The van der Waals surface area contributed by atoms with E-state index >= 15 is 0 Å². The SMILES string of the molecule is CC(C)N(CCC#N)c1ccnc(C(=O)O)c1. The Kier molecular flexibility index (Phi) is 4.46. The molecule has 1 heterocycles. The summed E-state index contributed by atoms with van der Waals surface area (Å²) in [5.41, 5.74) is 0.799. The molecule has 0 aliphatic heterocycles. The van der Waals surface area contributed by atoms with Gasteiger partial charge in [-0.1, -0.05) is 0 Å². The van der Waals surface area contributed by atoms with Crippen molar-refractivity contribution in [3.8, 4) is 6.07 Å². The van der Waals surface area contributed by atoms with Crippen LogP contribution in [0, 0.1) is 11.3 Å². The van der Waals surface area contributed by atoms with Crippen molar-refractivity contribution in [3.63, 3.8) is 0 Å². The van der Waals surface area contributed by atoms with Crippen LogP contribution in [0.15, 0.2) is 18.3 Å². The Labute approximate surface area is 100 Å². The molecule has 0 spiro atoms. The normalized spacial score (nSPS) is 10.0. The van der Waals surface area contributed by atoms with E-state index in [-0.39, 0.29) is 11.7 Å². The summed E-state index contributed by atoms with van der Waals surface area (Å²) in [4.78, 5) is 16.6. The van der Waals surface area contributed by atoms with Gasteiger partial charge in [-0.05, 0) is 26.0 Å². The minimum absolute atomic E-state index is 0.0186. The van der Waals surface area contributed by atoms with Gasteiger partial charge >= 0.3 is 5.97 Å². The maximum atomic E-state index is 10.8. The molecule has 5 heteroatoms. The highest BCUT2D eigenvalue weighted by Gasteiger charge is 2.13. The predicted octanol–water partition coefficient (Wildman–Crippen LogP) is 1.91. The summed E-state index contributed by atoms with van der Waals surface area (Å²) in [6.45, 7) is 4.58. The van der Waals surface area contributed by atoms with E-state index in [4.69, 9.17) is 10.4 Å². The second-order valence-corrected chi connectivity index (χ2v) is 3.90. The molecule has 0 unspecified atom stereocenters. The monoisotopic (exact) mass is 233 g/mol. The van der Waals surface area contributed by atoms with Gasteiger partial charge in [0.15, 0.2) is 0 Å². The fourth-order valence-corrected chi connectivity index (χ4v) is 1.57. The van der Waals surface area contributed by atoms with E-state index in [2.05, 4.69) is 11.1 Å². The molecule has 5 nitrogen and oxygen atoms in total. The van der Waals surface area contributed by atoms with Crippen LogP contribution >= 0.6 is 0 Å². The molecule has 0 aliphatic carbocycles. The van der Waals surface area contributed by atoms with Crippen LogP contribution in [0.4, 0.5) is 5.69 Å². The molecule has 1 rings (SSSR count). The van der Waals surface area contributed by atoms with Crippen LogP contribution in [0.3, 0.4) is 0 Å². The highest BCUT2D eigenvalue weighted by atomic mass is 16.4. The van der Waals surface area contributed by atoms with Crippen molar-refractivity contribution < 1.29 is 9.90 Å². The molecule has 0 saturated carbocycles. The van der Waals surface area contributed by atoms with Gasteiger partial charge in [0.05, 0.1) is 12.5 Å². The smallest absolute Gasteiger partial charge is 0.354 e. The third-order valence-electron chi connectivity index (χ3n) is 2.38. The number of carboxylic acid groups (broad SMARTS) is 1. The Bertz CT molecular complexity index is 438. The average molecular weight is 233 g/mol. The van der Waals surface area contributed by atoms with E-state index < -0.39 is 5.97 Å². The van der Waals surface area contributed by atoms with Crippen molar-refractivity contribution in [1.29, 1.82) is 5.26 Å². The van der Waals surface area contributed by atoms with Crippen LogP contribution in [0.1, 0.15) is 30.8 Å². The molecule has 1 aromatic rings. The first kappa shape index (κ1) is 13.0. The van der Waals surface area contributed by atoms with E-state index in [9.17, 15) is 4.79 Å².